The molecule has 2 fully saturated rings. The maximum Gasteiger partial charge on any atom is 0.302 e. The van der Waals surface area contributed by atoms with Crippen LogP contribution < -0.4 is 0 Å². The number of carbonyl (C=O) groups is 1. The highest BCUT2D eigenvalue weighted by molar-refractivity contribution is 5.66. The molecule has 0 unspecified atom stereocenters. The molecule has 0 aromatic heterocycles. The zero-order valence-electron chi connectivity index (χ0n) is 9.00. The second-order valence-corrected chi connectivity index (χ2v) is 4.79. The molecule has 2 rings (SSSR count). The molecule has 0 aliphatic heterocycles. The van der Waals surface area contributed by atoms with Crippen molar-refractivity contribution in [2.24, 2.45) is 11.8 Å². The molecule has 2 aliphatic carbocycles. The van der Waals surface area contributed by atoms with Gasteiger partial charge in [0.1, 0.15) is 6.10 Å². The monoisotopic (exact) mass is 196 g/mol. The van der Waals surface area contributed by atoms with Crippen LogP contribution in [0.4, 0.5) is 0 Å². The van der Waals surface area contributed by atoms with Gasteiger partial charge in [-0.15, -0.1) is 0 Å². The molecule has 2 aliphatic rings. The molecule has 14 heavy (non-hydrogen) atoms. The first kappa shape index (κ1) is 10.0. The van der Waals surface area contributed by atoms with Crippen molar-refractivity contribution >= 4 is 5.97 Å². The Morgan fingerprint density at radius 3 is 2.57 bits per heavy atom. The third-order valence-corrected chi connectivity index (χ3v) is 3.83. The quantitative estimate of drug-likeness (QED) is 0.603. The van der Waals surface area contributed by atoms with Crippen molar-refractivity contribution in [1.29, 1.82) is 0 Å². The predicted octanol–water partition coefficient (Wildman–Crippen LogP) is 2.91. The van der Waals surface area contributed by atoms with Gasteiger partial charge in [-0.2, -0.15) is 0 Å². The van der Waals surface area contributed by atoms with Gasteiger partial charge in [-0.1, -0.05) is 19.3 Å². The van der Waals surface area contributed by atoms with Gasteiger partial charge in [0.2, 0.25) is 0 Å². The highest BCUT2D eigenvalue weighted by atomic mass is 16.5. The third kappa shape index (κ3) is 2.10. The van der Waals surface area contributed by atoms with Crippen molar-refractivity contribution in [2.45, 2.75) is 58.0 Å². The number of hydrogen-bond acceptors (Lipinski definition) is 2. The molecule has 0 spiro atoms. The second kappa shape index (κ2) is 4.33. The first-order valence-corrected chi connectivity index (χ1v) is 5.94. The summed E-state index contributed by atoms with van der Waals surface area (Å²) in [6.07, 6.45) is 9.31. The van der Waals surface area contributed by atoms with Gasteiger partial charge in [0.25, 0.3) is 0 Å². The minimum absolute atomic E-state index is 0.0961. The number of rotatable bonds is 1. The van der Waals surface area contributed by atoms with Crippen LogP contribution in [-0.4, -0.2) is 12.1 Å². The van der Waals surface area contributed by atoms with Crippen LogP contribution in [0.3, 0.4) is 0 Å². The minimum Gasteiger partial charge on any atom is -0.462 e. The predicted molar refractivity (Wildman–Crippen MR) is 54.9 cm³/mol. The summed E-state index contributed by atoms with van der Waals surface area (Å²) >= 11 is 0. The Morgan fingerprint density at radius 2 is 1.79 bits per heavy atom. The van der Waals surface area contributed by atoms with E-state index in [1.165, 1.54) is 45.4 Å². The summed E-state index contributed by atoms with van der Waals surface area (Å²) in [6.45, 7) is 1.53. The fourth-order valence-corrected chi connectivity index (χ4v) is 3.24. The SMILES string of the molecule is CC(=O)O[C@@H]1CCC[C@@H]2CCCC[C@H]21. The summed E-state index contributed by atoms with van der Waals surface area (Å²) in [4.78, 5) is 11.0. The van der Waals surface area contributed by atoms with Crippen molar-refractivity contribution < 1.29 is 9.53 Å². The molecule has 80 valence electrons. The number of esters is 1. The van der Waals surface area contributed by atoms with Crippen LogP contribution >= 0.6 is 0 Å². The highest BCUT2D eigenvalue weighted by Gasteiger charge is 2.36. The number of fused-ring (bicyclic) bond motifs is 1. The Balaban J connectivity index is 1.97. The summed E-state index contributed by atoms with van der Waals surface area (Å²) in [5.41, 5.74) is 0. The Bertz CT molecular complexity index is 210. The summed E-state index contributed by atoms with van der Waals surface area (Å²) in [5, 5.41) is 0. The van der Waals surface area contributed by atoms with Gasteiger partial charge in [0, 0.05) is 6.92 Å². The van der Waals surface area contributed by atoms with Crippen LogP contribution in [0, 0.1) is 11.8 Å². The molecular formula is C12H20O2. The van der Waals surface area contributed by atoms with Gasteiger partial charge in [0.05, 0.1) is 0 Å². The fourth-order valence-electron chi connectivity index (χ4n) is 3.24. The largest absolute Gasteiger partial charge is 0.462 e. The fraction of sp³-hybridized carbons (Fsp3) is 0.917. The van der Waals surface area contributed by atoms with Crippen molar-refractivity contribution in [3.8, 4) is 0 Å². The van der Waals surface area contributed by atoms with E-state index in [-0.39, 0.29) is 12.1 Å². The van der Waals surface area contributed by atoms with Crippen LogP contribution in [-0.2, 0) is 9.53 Å². The molecule has 3 atom stereocenters. The van der Waals surface area contributed by atoms with E-state index in [1.807, 2.05) is 0 Å². The van der Waals surface area contributed by atoms with Gasteiger partial charge >= 0.3 is 5.97 Å². The summed E-state index contributed by atoms with van der Waals surface area (Å²) in [5.74, 6) is 1.43. The molecule has 0 aromatic carbocycles. The van der Waals surface area contributed by atoms with Gasteiger partial charge < -0.3 is 4.74 Å². The molecule has 0 saturated heterocycles. The molecule has 0 bridgehead atoms. The van der Waals surface area contributed by atoms with Crippen LogP contribution in [0.5, 0.6) is 0 Å². The molecule has 0 radical (unpaired) electrons. The van der Waals surface area contributed by atoms with Crippen LogP contribution in [0.2, 0.25) is 0 Å². The second-order valence-electron chi connectivity index (χ2n) is 4.79. The summed E-state index contributed by atoms with van der Waals surface area (Å²) in [6, 6.07) is 0. The minimum atomic E-state index is -0.0961. The molecular weight excluding hydrogens is 176 g/mol. The van der Waals surface area contributed by atoms with Crippen molar-refractivity contribution in [3.05, 3.63) is 0 Å². The van der Waals surface area contributed by atoms with Crippen molar-refractivity contribution in [3.63, 3.8) is 0 Å². The average molecular weight is 196 g/mol. The van der Waals surface area contributed by atoms with Gasteiger partial charge in [-0.05, 0) is 37.5 Å². The first-order valence-electron chi connectivity index (χ1n) is 5.94. The number of hydrogen-bond donors (Lipinski definition) is 0. The maximum atomic E-state index is 11.0. The van der Waals surface area contributed by atoms with Crippen LogP contribution in [0.15, 0.2) is 0 Å². The Hall–Kier alpha value is -0.530. The lowest BCUT2D eigenvalue weighted by atomic mass is 9.69. The lowest BCUT2D eigenvalue weighted by Gasteiger charge is -2.40. The van der Waals surface area contributed by atoms with E-state index in [9.17, 15) is 4.79 Å². The molecule has 2 heteroatoms. The number of ether oxygens (including phenoxy) is 1. The zero-order valence-corrected chi connectivity index (χ0v) is 9.00. The third-order valence-electron chi connectivity index (χ3n) is 3.83. The Labute approximate surface area is 86.0 Å². The molecule has 0 heterocycles. The van der Waals surface area contributed by atoms with E-state index in [1.54, 1.807) is 0 Å². The summed E-state index contributed by atoms with van der Waals surface area (Å²) < 4.78 is 5.42. The highest BCUT2D eigenvalue weighted by Crippen LogP contribution is 2.41. The van der Waals surface area contributed by atoms with Gasteiger partial charge in [-0.25, -0.2) is 0 Å². The topological polar surface area (TPSA) is 26.3 Å². The zero-order chi connectivity index (χ0) is 9.97. The van der Waals surface area contributed by atoms with E-state index in [0.29, 0.717) is 5.92 Å². The van der Waals surface area contributed by atoms with Crippen molar-refractivity contribution in [1.82, 2.24) is 0 Å². The smallest absolute Gasteiger partial charge is 0.302 e. The van der Waals surface area contributed by atoms with E-state index < -0.39 is 0 Å². The molecule has 2 nitrogen and oxygen atoms in total. The van der Waals surface area contributed by atoms with Crippen molar-refractivity contribution in [2.75, 3.05) is 0 Å². The molecule has 0 N–H and O–H groups in total. The molecule has 0 amide bonds. The van der Waals surface area contributed by atoms with Crippen LogP contribution in [0.1, 0.15) is 51.9 Å². The lowest BCUT2D eigenvalue weighted by molar-refractivity contribution is -0.153. The average Bonchev–Trinajstić information content (AvgIpc) is 2.18. The lowest BCUT2D eigenvalue weighted by Crippen LogP contribution is -2.37. The Morgan fingerprint density at radius 1 is 1.07 bits per heavy atom. The first-order chi connectivity index (χ1) is 6.77. The maximum absolute atomic E-state index is 11.0. The Kier molecular flexibility index (Phi) is 3.09. The van der Waals surface area contributed by atoms with E-state index in [2.05, 4.69) is 0 Å². The van der Waals surface area contributed by atoms with Gasteiger partial charge in [0.15, 0.2) is 0 Å². The van der Waals surface area contributed by atoms with Gasteiger partial charge in [-0.3, -0.25) is 4.79 Å². The number of carbonyl (C=O) groups excluding carboxylic acids is 1. The summed E-state index contributed by atoms with van der Waals surface area (Å²) in [7, 11) is 0. The molecule has 0 aromatic rings. The van der Waals surface area contributed by atoms with E-state index in [0.717, 1.165) is 12.3 Å². The van der Waals surface area contributed by atoms with E-state index in [4.69, 9.17) is 4.74 Å². The van der Waals surface area contributed by atoms with Crippen LogP contribution in [0.25, 0.3) is 0 Å². The standard InChI is InChI=1S/C12H20O2/c1-9(13)14-12-8-4-6-10-5-2-3-7-11(10)12/h10-12H,2-8H2,1H3/t10-,11+,12+/m0/s1. The van der Waals surface area contributed by atoms with E-state index >= 15 is 0 Å². The molecule has 2 saturated carbocycles. The normalized spacial score (nSPS) is 37.4.